The first kappa shape index (κ1) is 13.3. The van der Waals surface area contributed by atoms with Crippen molar-refractivity contribution in [2.75, 3.05) is 0 Å². The standard InChI is InChI=1S/C12H15N3O4/c1-12(11(18)19,7-3-4-7)13-10(17)8-5-6-9(16)15(2)14-8/h5-7H,3-4H2,1-2H3,(H,13,17)(H,18,19). The van der Waals surface area contributed by atoms with E-state index in [4.69, 9.17) is 0 Å². The minimum atomic E-state index is -1.28. The molecule has 1 heterocycles. The van der Waals surface area contributed by atoms with E-state index >= 15 is 0 Å². The number of hydrogen-bond donors (Lipinski definition) is 2. The molecule has 7 heteroatoms. The minimum Gasteiger partial charge on any atom is -0.480 e. The van der Waals surface area contributed by atoms with E-state index in [0.29, 0.717) is 0 Å². The molecule has 1 fully saturated rings. The van der Waals surface area contributed by atoms with Crippen LogP contribution in [0.4, 0.5) is 0 Å². The Morgan fingerprint density at radius 1 is 1.47 bits per heavy atom. The zero-order valence-electron chi connectivity index (χ0n) is 10.7. The molecule has 7 nitrogen and oxygen atoms in total. The second kappa shape index (κ2) is 4.49. The highest BCUT2D eigenvalue weighted by atomic mass is 16.4. The number of carbonyl (C=O) groups excluding carboxylic acids is 1. The molecule has 1 saturated carbocycles. The zero-order valence-corrected chi connectivity index (χ0v) is 10.7. The van der Waals surface area contributed by atoms with Gasteiger partial charge in [-0.1, -0.05) is 0 Å². The first-order valence-corrected chi connectivity index (χ1v) is 5.95. The highest BCUT2D eigenvalue weighted by Crippen LogP contribution is 2.39. The molecule has 1 aromatic rings. The average molecular weight is 265 g/mol. The Morgan fingerprint density at radius 3 is 2.58 bits per heavy atom. The SMILES string of the molecule is Cn1nc(C(=O)NC(C)(C(=O)O)C2CC2)ccc1=O. The number of carboxylic acid groups (broad SMARTS) is 1. The molecule has 1 atom stereocenters. The molecule has 0 radical (unpaired) electrons. The first-order valence-electron chi connectivity index (χ1n) is 5.95. The van der Waals surface area contributed by atoms with Crippen LogP contribution >= 0.6 is 0 Å². The molecular formula is C12H15N3O4. The number of carboxylic acids is 1. The molecule has 2 N–H and O–H groups in total. The second-order valence-electron chi connectivity index (χ2n) is 4.92. The number of amides is 1. The average Bonchev–Trinajstić information content (AvgIpc) is 3.16. The number of carbonyl (C=O) groups is 2. The summed E-state index contributed by atoms with van der Waals surface area (Å²) in [6, 6.07) is 2.50. The van der Waals surface area contributed by atoms with Gasteiger partial charge in [0.15, 0.2) is 0 Å². The molecule has 0 saturated heterocycles. The first-order chi connectivity index (χ1) is 8.84. The molecule has 0 aromatic carbocycles. The van der Waals surface area contributed by atoms with Crippen LogP contribution in [0.2, 0.25) is 0 Å². The summed E-state index contributed by atoms with van der Waals surface area (Å²) < 4.78 is 1.03. The Balaban J connectivity index is 2.22. The number of nitrogens with zero attached hydrogens (tertiary/aromatic N) is 2. The molecule has 0 aliphatic heterocycles. The van der Waals surface area contributed by atoms with Crippen LogP contribution in [0.15, 0.2) is 16.9 Å². The maximum absolute atomic E-state index is 12.0. The third kappa shape index (κ3) is 2.49. The van der Waals surface area contributed by atoms with Crippen LogP contribution in [0.25, 0.3) is 0 Å². The lowest BCUT2D eigenvalue weighted by atomic mass is 9.96. The van der Waals surface area contributed by atoms with Crippen molar-refractivity contribution in [2.45, 2.75) is 25.3 Å². The van der Waals surface area contributed by atoms with Crippen molar-refractivity contribution in [1.82, 2.24) is 15.1 Å². The van der Waals surface area contributed by atoms with Gasteiger partial charge in [-0.15, -0.1) is 0 Å². The molecular weight excluding hydrogens is 250 g/mol. The number of aliphatic carboxylic acids is 1. The molecule has 19 heavy (non-hydrogen) atoms. The molecule has 1 aliphatic rings. The molecule has 2 rings (SSSR count). The van der Waals surface area contributed by atoms with E-state index in [1.54, 1.807) is 0 Å². The van der Waals surface area contributed by atoms with Crippen molar-refractivity contribution in [3.8, 4) is 0 Å². The Kier molecular flexibility index (Phi) is 3.13. The van der Waals surface area contributed by atoms with Crippen LogP contribution in [-0.2, 0) is 11.8 Å². The van der Waals surface area contributed by atoms with Gasteiger partial charge in [0.25, 0.3) is 11.5 Å². The molecule has 0 spiro atoms. The third-order valence-electron chi connectivity index (χ3n) is 3.40. The summed E-state index contributed by atoms with van der Waals surface area (Å²) in [5.74, 6) is -1.71. The largest absolute Gasteiger partial charge is 0.480 e. The summed E-state index contributed by atoms with van der Waals surface area (Å²) in [6.07, 6.45) is 1.56. The summed E-state index contributed by atoms with van der Waals surface area (Å²) >= 11 is 0. The molecule has 1 aliphatic carbocycles. The topological polar surface area (TPSA) is 101 Å². The number of aryl methyl sites for hydroxylation is 1. The molecule has 102 valence electrons. The monoisotopic (exact) mass is 265 g/mol. The van der Waals surface area contributed by atoms with E-state index in [-0.39, 0.29) is 17.2 Å². The van der Waals surface area contributed by atoms with E-state index in [9.17, 15) is 19.5 Å². The Hall–Kier alpha value is -2.18. The van der Waals surface area contributed by atoms with E-state index in [0.717, 1.165) is 17.5 Å². The number of nitrogens with one attached hydrogen (secondary N) is 1. The Labute approximate surface area is 109 Å². The Bertz CT molecular complexity index is 591. The smallest absolute Gasteiger partial charge is 0.329 e. The fourth-order valence-electron chi connectivity index (χ4n) is 1.91. The van der Waals surface area contributed by atoms with Gasteiger partial charge in [0, 0.05) is 13.1 Å². The van der Waals surface area contributed by atoms with Crippen LogP contribution in [0.5, 0.6) is 0 Å². The molecule has 1 unspecified atom stereocenters. The molecule has 0 bridgehead atoms. The quantitative estimate of drug-likeness (QED) is 0.782. The molecule has 1 aromatic heterocycles. The predicted molar refractivity (Wildman–Crippen MR) is 65.7 cm³/mol. The highest BCUT2D eigenvalue weighted by molar-refractivity contribution is 5.96. The summed E-state index contributed by atoms with van der Waals surface area (Å²) in [4.78, 5) is 34.5. The number of rotatable bonds is 4. The van der Waals surface area contributed by atoms with Crippen LogP contribution < -0.4 is 10.9 Å². The lowest BCUT2D eigenvalue weighted by Gasteiger charge is -2.25. The van der Waals surface area contributed by atoms with Crippen molar-refractivity contribution in [3.05, 3.63) is 28.2 Å². The van der Waals surface area contributed by atoms with E-state index < -0.39 is 17.4 Å². The maximum Gasteiger partial charge on any atom is 0.329 e. The minimum absolute atomic E-state index is 0.0234. The van der Waals surface area contributed by atoms with Crippen LogP contribution in [0.3, 0.4) is 0 Å². The predicted octanol–water partition coefficient (Wildman–Crippen LogP) is -0.237. The van der Waals surface area contributed by atoms with Crippen molar-refractivity contribution in [1.29, 1.82) is 0 Å². The van der Waals surface area contributed by atoms with Gasteiger partial charge in [-0.2, -0.15) is 5.10 Å². The fraction of sp³-hybridized carbons (Fsp3) is 0.500. The normalized spacial score (nSPS) is 17.6. The van der Waals surface area contributed by atoms with Gasteiger partial charge in [0.05, 0.1) is 0 Å². The summed E-state index contributed by atoms with van der Waals surface area (Å²) in [5.41, 5.74) is -1.59. The van der Waals surface area contributed by atoms with E-state index in [2.05, 4.69) is 10.4 Å². The van der Waals surface area contributed by atoms with E-state index in [1.807, 2.05) is 0 Å². The lowest BCUT2D eigenvalue weighted by Crippen LogP contribution is -2.54. The van der Waals surface area contributed by atoms with Crippen molar-refractivity contribution < 1.29 is 14.7 Å². The summed E-state index contributed by atoms with van der Waals surface area (Å²) in [5, 5.41) is 15.5. The van der Waals surface area contributed by atoms with Gasteiger partial charge < -0.3 is 10.4 Å². The molecule has 1 amide bonds. The highest BCUT2D eigenvalue weighted by Gasteiger charge is 2.48. The van der Waals surface area contributed by atoms with Crippen LogP contribution in [-0.4, -0.2) is 32.3 Å². The second-order valence-corrected chi connectivity index (χ2v) is 4.92. The fourth-order valence-corrected chi connectivity index (χ4v) is 1.91. The van der Waals surface area contributed by atoms with Gasteiger partial charge in [-0.25, -0.2) is 9.48 Å². The lowest BCUT2D eigenvalue weighted by molar-refractivity contribution is -0.144. The summed E-state index contributed by atoms with van der Waals surface area (Å²) in [6.45, 7) is 1.49. The van der Waals surface area contributed by atoms with Gasteiger partial charge in [-0.3, -0.25) is 9.59 Å². The van der Waals surface area contributed by atoms with Crippen LogP contribution in [0.1, 0.15) is 30.3 Å². The number of hydrogen-bond acceptors (Lipinski definition) is 4. The third-order valence-corrected chi connectivity index (χ3v) is 3.40. The van der Waals surface area contributed by atoms with Gasteiger partial charge in [0.2, 0.25) is 0 Å². The van der Waals surface area contributed by atoms with Crippen molar-refractivity contribution >= 4 is 11.9 Å². The van der Waals surface area contributed by atoms with Gasteiger partial charge >= 0.3 is 5.97 Å². The van der Waals surface area contributed by atoms with Crippen molar-refractivity contribution in [3.63, 3.8) is 0 Å². The maximum atomic E-state index is 12.0. The van der Waals surface area contributed by atoms with Crippen LogP contribution in [0, 0.1) is 5.92 Å². The summed E-state index contributed by atoms with van der Waals surface area (Å²) in [7, 11) is 1.43. The Morgan fingerprint density at radius 2 is 2.11 bits per heavy atom. The van der Waals surface area contributed by atoms with E-state index in [1.165, 1.54) is 26.1 Å². The number of aromatic nitrogens is 2. The van der Waals surface area contributed by atoms with Gasteiger partial charge in [-0.05, 0) is 31.7 Å². The zero-order chi connectivity index (χ0) is 14.2. The van der Waals surface area contributed by atoms with Crippen molar-refractivity contribution in [2.24, 2.45) is 13.0 Å². The van der Waals surface area contributed by atoms with Gasteiger partial charge in [0.1, 0.15) is 11.2 Å².